The largest absolute Gasteiger partial charge is 0.394 e. The molecule has 1 aliphatic heterocycles. The van der Waals surface area contributed by atoms with Gasteiger partial charge >= 0.3 is 0 Å². The number of sulfonamides is 1. The van der Waals surface area contributed by atoms with Gasteiger partial charge in [-0.05, 0) is 30.7 Å². The molecule has 1 aromatic carbocycles. The molecule has 2 rings (SSSR count). The smallest absolute Gasteiger partial charge is 0.243 e. The van der Waals surface area contributed by atoms with Gasteiger partial charge < -0.3 is 5.73 Å². The Morgan fingerprint density at radius 3 is 2.79 bits per heavy atom. The van der Waals surface area contributed by atoms with Crippen LogP contribution in [0.4, 0.5) is 14.5 Å². The molecule has 0 aliphatic carbocycles. The van der Waals surface area contributed by atoms with E-state index in [-0.39, 0.29) is 11.8 Å². The molecular weight excluding hydrogens is 294 g/mol. The van der Waals surface area contributed by atoms with Crippen LogP contribution in [0.3, 0.4) is 0 Å². The summed E-state index contributed by atoms with van der Waals surface area (Å²) in [6.07, 6.45) is 1.98. The molecule has 1 unspecified atom stereocenters. The van der Waals surface area contributed by atoms with Gasteiger partial charge in [-0.2, -0.15) is 11.8 Å². The maximum atomic E-state index is 13.7. The maximum absolute atomic E-state index is 13.7. The molecule has 1 aliphatic rings. The number of anilines is 1. The molecule has 1 heterocycles. The molecule has 1 aromatic rings. The Morgan fingerprint density at radius 1 is 1.42 bits per heavy atom. The molecule has 0 aromatic heterocycles. The van der Waals surface area contributed by atoms with Crippen molar-refractivity contribution in [2.24, 2.45) is 0 Å². The molecular formula is C11H14F2N2O2S2. The molecule has 19 heavy (non-hydrogen) atoms. The van der Waals surface area contributed by atoms with Crippen molar-refractivity contribution in [2.45, 2.75) is 23.0 Å². The predicted octanol–water partition coefficient (Wildman–Crippen LogP) is 1.72. The van der Waals surface area contributed by atoms with Crippen molar-refractivity contribution in [3.63, 3.8) is 0 Å². The van der Waals surface area contributed by atoms with Crippen LogP contribution in [-0.2, 0) is 10.0 Å². The minimum absolute atomic E-state index is 0.204. The first-order valence-electron chi connectivity index (χ1n) is 5.76. The number of nitrogens with one attached hydrogen (secondary N) is 1. The molecule has 0 amide bonds. The van der Waals surface area contributed by atoms with Crippen LogP contribution in [0.2, 0.25) is 0 Å². The van der Waals surface area contributed by atoms with Gasteiger partial charge in [-0.25, -0.2) is 21.9 Å². The summed E-state index contributed by atoms with van der Waals surface area (Å²) in [6.45, 7) is 0.240. The van der Waals surface area contributed by atoms with Gasteiger partial charge in [0.15, 0.2) is 5.82 Å². The van der Waals surface area contributed by atoms with E-state index in [2.05, 4.69) is 4.72 Å². The second-order valence-electron chi connectivity index (χ2n) is 4.26. The zero-order valence-electron chi connectivity index (χ0n) is 10.0. The van der Waals surface area contributed by atoms with E-state index < -0.39 is 32.2 Å². The fourth-order valence-electron chi connectivity index (χ4n) is 1.84. The highest BCUT2D eigenvalue weighted by Gasteiger charge is 2.24. The van der Waals surface area contributed by atoms with Gasteiger partial charge in [0.25, 0.3) is 0 Å². The summed E-state index contributed by atoms with van der Waals surface area (Å²) in [6, 6.07) is 1.72. The summed E-state index contributed by atoms with van der Waals surface area (Å²) in [5, 5.41) is 0.204. The zero-order valence-corrected chi connectivity index (χ0v) is 11.7. The van der Waals surface area contributed by atoms with Crippen LogP contribution in [0.5, 0.6) is 0 Å². The van der Waals surface area contributed by atoms with Gasteiger partial charge in [0.1, 0.15) is 16.4 Å². The van der Waals surface area contributed by atoms with E-state index in [1.165, 1.54) is 0 Å². The van der Waals surface area contributed by atoms with Crippen LogP contribution in [0.25, 0.3) is 0 Å². The van der Waals surface area contributed by atoms with Crippen molar-refractivity contribution in [3.05, 3.63) is 23.8 Å². The number of rotatable bonds is 4. The lowest BCUT2D eigenvalue weighted by Gasteiger charge is -2.12. The lowest BCUT2D eigenvalue weighted by molar-refractivity contribution is 0.547. The Morgan fingerprint density at radius 2 is 2.16 bits per heavy atom. The molecule has 1 fully saturated rings. The van der Waals surface area contributed by atoms with Gasteiger partial charge in [-0.15, -0.1) is 0 Å². The summed E-state index contributed by atoms with van der Waals surface area (Å²) in [7, 11) is -4.00. The van der Waals surface area contributed by atoms with Gasteiger partial charge in [-0.1, -0.05) is 0 Å². The monoisotopic (exact) mass is 308 g/mol. The van der Waals surface area contributed by atoms with E-state index in [0.717, 1.165) is 30.7 Å². The van der Waals surface area contributed by atoms with Gasteiger partial charge in [0.2, 0.25) is 10.0 Å². The minimum Gasteiger partial charge on any atom is -0.394 e. The van der Waals surface area contributed by atoms with Crippen molar-refractivity contribution in [1.29, 1.82) is 0 Å². The lowest BCUT2D eigenvalue weighted by atomic mass is 10.2. The lowest BCUT2D eigenvalue weighted by Crippen LogP contribution is -2.30. The summed E-state index contributed by atoms with van der Waals surface area (Å²) in [4.78, 5) is -0.616. The summed E-state index contributed by atoms with van der Waals surface area (Å²) >= 11 is 1.68. The highest BCUT2D eigenvalue weighted by molar-refractivity contribution is 8.00. The van der Waals surface area contributed by atoms with Crippen LogP contribution in [0, 0.1) is 11.6 Å². The predicted molar refractivity (Wildman–Crippen MR) is 71.4 cm³/mol. The average Bonchev–Trinajstić information content (AvgIpc) is 2.86. The van der Waals surface area contributed by atoms with E-state index in [9.17, 15) is 17.2 Å². The minimum atomic E-state index is -4.00. The number of hydrogen-bond acceptors (Lipinski definition) is 4. The Hall–Kier alpha value is -0.860. The molecule has 0 spiro atoms. The topological polar surface area (TPSA) is 72.2 Å². The molecule has 8 heteroatoms. The third-order valence-electron chi connectivity index (χ3n) is 2.91. The van der Waals surface area contributed by atoms with Crippen LogP contribution < -0.4 is 10.5 Å². The van der Waals surface area contributed by atoms with E-state index in [4.69, 9.17) is 5.73 Å². The molecule has 0 saturated carbocycles. The van der Waals surface area contributed by atoms with Crippen molar-refractivity contribution in [1.82, 2.24) is 4.72 Å². The highest BCUT2D eigenvalue weighted by Crippen LogP contribution is 2.26. The number of nitrogens with two attached hydrogens (primary N) is 1. The fourth-order valence-corrected chi connectivity index (χ4v) is 4.32. The first kappa shape index (κ1) is 14.5. The van der Waals surface area contributed by atoms with E-state index in [1.54, 1.807) is 11.8 Å². The Kier molecular flexibility index (Phi) is 4.32. The molecule has 1 atom stereocenters. The molecule has 0 radical (unpaired) electrons. The third-order valence-corrected chi connectivity index (χ3v) is 5.74. The van der Waals surface area contributed by atoms with Crippen LogP contribution in [0.15, 0.2) is 17.0 Å². The van der Waals surface area contributed by atoms with Gasteiger partial charge in [0.05, 0.1) is 0 Å². The average molecular weight is 308 g/mol. The van der Waals surface area contributed by atoms with Crippen molar-refractivity contribution < 1.29 is 17.2 Å². The first-order chi connectivity index (χ1) is 8.92. The molecule has 106 valence electrons. The Bertz CT molecular complexity index is 572. The van der Waals surface area contributed by atoms with Crippen molar-refractivity contribution in [3.8, 4) is 0 Å². The summed E-state index contributed by atoms with van der Waals surface area (Å²) in [5.41, 5.74) is 4.37. The summed E-state index contributed by atoms with van der Waals surface area (Å²) in [5.74, 6) is -1.21. The first-order valence-corrected chi connectivity index (χ1v) is 8.30. The van der Waals surface area contributed by atoms with Gasteiger partial charge in [0, 0.05) is 11.8 Å². The van der Waals surface area contributed by atoms with E-state index in [0.29, 0.717) is 0 Å². The van der Waals surface area contributed by atoms with E-state index >= 15 is 0 Å². The normalized spacial score (nSPS) is 19.8. The zero-order chi connectivity index (χ0) is 14.0. The third kappa shape index (κ3) is 3.18. The Balaban J connectivity index is 2.17. The molecule has 0 bridgehead atoms. The van der Waals surface area contributed by atoms with E-state index in [1.807, 2.05) is 0 Å². The van der Waals surface area contributed by atoms with Crippen LogP contribution in [-0.4, -0.2) is 26.0 Å². The molecule has 1 saturated heterocycles. The van der Waals surface area contributed by atoms with Crippen LogP contribution >= 0.6 is 11.8 Å². The van der Waals surface area contributed by atoms with Crippen LogP contribution in [0.1, 0.15) is 12.8 Å². The number of thioether (sulfide) groups is 1. The summed E-state index contributed by atoms with van der Waals surface area (Å²) < 4.78 is 52.9. The maximum Gasteiger partial charge on any atom is 0.243 e. The standard InChI is InChI=1S/C11H14F2N2O2S2/c12-8-3-4-9(10(13)11(8)14)19(16,17)15-6-7-2-1-5-18-7/h3-4,7,15H,1-2,5-6,14H2. The quantitative estimate of drug-likeness (QED) is 0.831. The second-order valence-corrected chi connectivity index (χ2v) is 7.40. The number of halogens is 2. The molecule has 3 N–H and O–H groups in total. The SMILES string of the molecule is Nc1c(F)ccc(S(=O)(=O)NCC2CCCS2)c1F. The van der Waals surface area contributed by atoms with Crippen molar-refractivity contribution >= 4 is 27.5 Å². The number of benzene rings is 1. The number of hydrogen-bond donors (Lipinski definition) is 2. The van der Waals surface area contributed by atoms with Gasteiger partial charge in [-0.3, -0.25) is 0 Å². The molecule has 4 nitrogen and oxygen atoms in total. The Labute approximate surface area is 114 Å². The van der Waals surface area contributed by atoms with Crippen molar-refractivity contribution in [2.75, 3.05) is 18.0 Å². The fraction of sp³-hybridized carbons (Fsp3) is 0.455. The second kappa shape index (κ2) is 5.64. The number of nitrogen functional groups attached to an aromatic ring is 1. The highest BCUT2D eigenvalue weighted by atomic mass is 32.2.